The van der Waals surface area contributed by atoms with Gasteiger partial charge in [-0.25, -0.2) is 8.78 Å². The van der Waals surface area contributed by atoms with Crippen LogP contribution in [0.2, 0.25) is 5.02 Å². The summed E-state index contributed by atoms with van der Waals surface area (Å²) in [6.07, 6.45) is 0.0359. The summed E-state index contributed by atoms with van der Waals surface area (Å²) in [7, 11) is 0. The SMILES string of the molecule is N#CC[C@H](c1c(F)ccc(Cl)c1F)N1CCNCC1. The van der Waals surface area contributed by atoms with Crippen LogP contribution in [0.5, 0.6) is 0 Å². The Morgan fingerprint density at radius 2 is 2.05 bits per heavy atom. The standard InChI is InChI=1S/C13H14ClF2N3/c14-9-1-2-10(15)12(13(9)16)11(3-4-17)19-7-5-18-6-8-19/h1-2,11,18H,3,5-8H2/t11-/m1/s1. The van der Waals surface area contributed by atoms with E-state index in [0.29, 0.717) is 13.1 Å². The Labute approximate surface area is 115 Å². The zero-order valence-corrected chi connectivity index (χ0v) is 11.1. The fourth-order valence-electron chi connectivity index (χ4n) is 2.34. The normalized spacial score (nSPS) is 18.0. The highest BCUT2D eigenvalue weighted by molar-refractivity contribution is 6.30. The van der Waals surface area contributed by atoms with Gasteiger partial charge in [0.25, 0.3) is 0 Å². The lowest BCUT2D eigenvalue weighted by Gasteiger charge is -2.34. The summed E-state index contributed by atoms with van der Waals surface area (Å²) in [5.41, 5.74) is -0.101. The highest BCUT2D eigenvalue weighted by Gasteiger charge is 2.28. The van der Waals surface area contributed by atoms with Crippen LogP contribution in [-0.2, 0) is 0 Å². The molecule has 0 aromatic heterocycles. The van der Waals surface area contributed by atoms with Crippen LogP contribution < -0.4 is 5.32 Å². The largest absolute Gasteiger partial charge is 0.314 e. The Bertz CT molecular complexity index is 495. The number of nitrogens with one attached hydrogen (secondary N) is 1. The van der Waals surface area contributed by atoms with Gasteiger partial charge in [0.05, 0.1) is 23.6 Å². The van der Waals surface area contributed by atoms with E-state index in [9.17, 15) is 8.78 Å². The molecule has 0 spiro atoms. The quantitative estimate of drug-likeness (QED) is 0.867. The molecule has 102 valence electrons. The molecule has 1 atom stereocenters. The van der Waals surface area contributed by atoms with Gasteiger partial charge in [-0.15, -0.1) is 0 Å². The Kier molecular flexibility index (Phi) is 4.70. The molecule has 19 heavy (non-hydrogen) atoms. The third-order valence-corrected chi connectivity index (χ3v) is 3.58. The molecule has 0 saturated carbocycles. The van der Waals surface area contributed by atoms with Gasteiger partial charge >= 0.3 is 0 Å². The number of nitriles is 1. The van der Waals surface area contributed by atoms with Crippen LogP contribution in [0.15, 0.2) is 12.1 Å². The second kappa shape index (κ2) is 6.29. The first-order valence-electron chi connectivity index (χ1n) is 6.10. The van der Waals surface area contributed by atoms with Crippen molar-refractivity contribution in [1.82, 2.24) is 10.2 Å². The molecular formula is C13H14ClF2N3. The second-order valence-electron chi connectivity index (χ2n) is 4.42. The molecule has 2 rings (SSSR count). The van der Waals surface area contributed by atoms with Gasteiger partial charge in [0.15, 0.2) is 0 Å². The summed E-state index contributed by atoms with van der Waals surface area (Å²) in [4.78, 5) is 1.91. The molecule has 3 nitrogen and oxygen atoms in total. The number of halogens is 3. The van der Waals surface area contributed by atoms with E-state index in [2.05, 4.69) is 5.32 Å². The smallest absolute Gasteiger partial charge is 0.149 e. The van der Waals surface area contributed by atoms with Crippen molar-refractivity contribution in [1.29, 1.82) is 5.26 Å². The molecule has 0 aliphatic carbocycles. The van der Waals surface area contributed by atoms with E-state index in [0.717, 1.165) is 19.2 Å². The molecule has 0 bridgehead atoms. The van der Waals surface area contributed by atoms with Crippen molar-refractivity contribution < 1.29 is 8.78 Å². The molecule has 0 unspecified atom stereocenters. The molecule has 1 aliphatic heterocycles. The van der Waals surface area contributed by atoms with E-state index in [1.165, 1.54) is 6.07 Å². The molecule has 1 N–H and O–H groups in total. The van der Waals surface area contributed by atoms with Gasteiger partial charge in [0, 0.05) is 31.7 Å². The predicted octanol–water partition coefficient (Wildman–Crippen LogP) is 2.48. The zero-order valence-electron chi connectivity index (χ0n) is 10.3. The van der Waals surface area contributed by atoms with Crippen LogP contribution in [0.1, 0.15) is 18.0 Å². The summed E-state index contributed by atoms with van der Waals surface area (Å²) in [6, 6.07) is 3.74. The summed E-state index contributed by atoms with van der Waals surface area (Å²) in [5.74, 6) is -1.42. The molecule has 1 aromatic rings. The van der Waals surface area contributed by atoms with Crippen molar-refractivity contribution in [2.45, 2.75) is 12.5 Å². The van der Waals surface area contributed by atoms with Crippen molar-refractivity contribution in [3.63, 3.8) is 0 Å². The van der Waals surface area contributed by atoms with E-state index >= 15 is 0 Å². The Balaban J connectivity index is 2.38. The predicted molar refractivity (Wildman–Crippen MR) is 68.8 cm³/mol. The van der Waals surface area contributed by atoms with Gasteiger partial charge in [-0.05, 0) is 12.1 Å². The van der Waals surface area contributed by atoms with Crippen molar-refractivity contribution in [2.75, 3.05) is 26.2 Å². The van der Waals surface area contributed by atoms with Crippen LogP contribution >= 0.6 is 11.6 Å². The molecule has 1 heterocycles. The monoisotopic (exact) mass is 285 g/mol. The lowest BCUT2D eigenvalue weighted by atomic mass is 10.0. The van der Waals surface area contributed by atoms with Crippen molar-refractivity contribution in [2.24, 2.45) is 0 Å². The molecular weight excluding hydrogens is 272 g/mol. The van der Waals surface area contributed by atoms with Gasteiger partial charge in [-0.1, -0.05) is 11.6 Å². The minimum atomic E-state index is -0.763. The molecule has 0 radical (unpaired) electrons. The van der Waals surface area contributed by atoms with Gasteiger partial charge in [0.2, 0.25) is 0 Å². The van der Waals surface area contributed by atoms with Crippen LogP contribution in [0.3, 0.4) is 0 Å². The van der Waals surface area contributed by atoms with Gasteiger partial charge in [-0.3, -0.25) is 4.90 Å². The van der Waals surface area contributed by atoms with E-state index in [4.69, 9.17) is 16.9 Å². The fraction of sp³-hybridized carbons (Fsp3) is 0.462. The number of hydrogen-bond acceptors (Lipinski definition) is 3. The van der Waals surface area contributed by atoms with E-state index < -0.39 is 17.7 Å². The lowest BCUT2D eigenvalue weighted by molar-refractivity contribution is 0.169. The van der Waals surface area contributed by atoms with E-state index in [-0.39, 0.29) is 17.0 Å². The van der Waals surface area contributed by atoms with Crippen LogP contribution in [0.4, 0.5) is 8.78 Å². The molecule has 1 fully saturated rings. The van der Waals surface area contributed by atoms with Gasteiger partial charge < -0.3 is 5.32 Å². The van der Waals surface area contributed by atoms with Gasteiger partial charge in [-0.2, -0.15) is 5.26 Å². The summed E-state index contributed by atoms with van der Waals surface area (Å²) < 4.78 is 28.0. The van der Waals surface area contributed by atoms with E-state index in [1.807, 2.05) is 11.0 Å². The molecule has 1 aromatic carbocycles. The third kappa shape index (κ3) is 3.03. The molecule has 1 aliphatic rings. The first-order valence-corrected chi connectivity index (χ1v) is 6.48. The average Bonchev–Trinajstić information content (AvgIpc) is 2.43. The number of nitrogens with zero attached hydrogens (tertiary/aromatic N) is 2. The Morgan fingerprint density at radius 1 is 1.37 bits per heavy atom. The number of benzene rings is 1. The highest BCUT2D eigenvalue weighted by Crippen LogP contribution is 2.32. The summed E-state index contributed by atoms with van der Waals surface area (Å²) >= 11 is 5.71. The minimum Gasteiger partial charge on any atom is -0.314 e. The van der Waals surface area contributed by atoms with Crippen LogP contribution in [0.25, 0.3) is 0 Å². The topological polar surface area (TPSA) is 39.1 Å². The lowest BCUT2D eigenvalue weighted by Crippen LogP contribution is -2.45. The Morgan fingerprint density at radius 3 is 2.68 bits per heavy atom. The Hall–Kier alpha value is -1.22. The summed E-state index contributed by atoms with van der Waals surface area (Å²) in [5, 5.41) is 12.0. The van der Waals surface area contributed by atoms with Crippen LogP contribution in [-0.4, -0.2) is 31.1 Å². The molecule has 6 heteroatoms. The van der Waals surface area contributed by atoms with Crippen LogP contribution in [0, 0.1) is 23.0 Å². The number of piperazine rings is 1. The maximum Gasteiger partial charge on any atom is 0.149 e. The molecule has 0 amide bonds. The third-order valence-electron chi connectivity index (χ3n) is 3.29. The highest BCUT2D eigenvalue weighted by atomic mass is 35.5. The van der Waals surface area contributed by atoms with Crippen molar-refractivity contribution in [3.05, 3.63) is 34.4 Å². The van der Waals surface area contributed by atoms with E-state index in [1.54, 1.807) is 0 Å². The number of hydrogen-bond donors (Lipinski definition) is 1. The van der Waals surface area contributed by atoms with Crippen molar-refractivity contribution in [3.8, 4) is 6.07 Å². The second-order valence-corrected chi connectivity index (χ2v) is 4.83. The first kappa shape index (κ1) is 14.2. The maximum atomic E-state index is 14.1. The minimum absolute atomic E-state index is 0.0359. The summed E-state index contributed by atoms with van der Waals surface area (Å²) in [6.45, 7) is 2.78. The van der Waals surface area contributed by atoms with Gasteiger partial charge in [0.1, 0.15) is 11.6 Å². The number of rotatable bonds is 3. The fourth-order valence-corrected chi connectivity index (χ4v) is 2.51. The van der Waals surface area contributed by atoms with Crippen molar-refractivity contribution >= 4 is 11.6 Å². The zero-order chi connectivity index (χ0) is 13.8. The maximum absolute atomic E-state index is 14.1. The first-order chi connectivity index (χ1) is 9.15. The average molecular weight is 286 g/mol. The molecule has 1 saturated heterocycles.